The smallest absolute Gasteiger partial charge is 0.274 e. The van der Waals surface area contributed by atoms with Crippen LogP contribution in [0.2, 0.25) is 0 Å². The molecule has 1 aromatic rings. The van der Waals surface area contributed by atoms with Crippen molar-refractivity contribution in [1.29, 1.82) is 0 Å². The highest BCUT2D eigenvalue weighted by atomic mass is 32.1. The lowest BCUT2D eigenvalue weighted by molar-refractivity contribution is -0.115. The van der Waals surface area contributed by atoms with Crippen LogP contribution in [0, 0.1) is 5.92 Å². The molecule has 0 spiro atoms. The van der Waals surface area contributed by atoms with Crippen LogP contribution in [0.3, 0.4) is 0 Å². The Morgan fingerprint density at radius 2 is 2.24 bits per heavy atom. The molecule has 0 unspecified atom stereocenters. The SMILES string of the molecule is C[C@@H]1C[C@H]1c1ccc(/C=C2\NC(=S)NC2=O)o1. The third-order valence-electron chi connectivity index (χ3n) is 3.13. The largest absolute Gasteiger partial charge is 0.461 e. The minimum atomic E-state index is -0.215. The van der Waals surface area contributed by atoms with Gasteiger partial charge < -0.3 is 9.73 Å². The maximum absolute atomic E-state index is 11.4. The average molecular weight is 248 g/mol. The number of nitrogens with one attached hydrogen (secondary N) is 2. The van der Waals surface area contributed by atoms with Gasteiger partial charge in [-0.2, -0.15) is 0 Å². The number of thiocarbonyl (C=S) groups is 1. The van der Waals surface area contributed by atoms with Gasteiger partial charge in [0.25, 0.3) is 5.91 Å². The van der Waals surface area contributed by atoms with Crippen LogP contribution in [-0.2, 0) is 4.79 Å². The highest BCUT2D eigenvalue weighted by molar-refractivity contribution is 7.80. The topological polar surface area (TPSA) is 54.3 Å². The zero-order valence-corrected chi connectivity index (χ0v) is 10.1. The standard InChI is InChI=1S/C12H12N2O2S/c1-6-4-8(6)10-3-2-7(16-10)5-9-11(15)14-12(17)13-9/h2-3,5-6,8H,4H2,1H3,(H2,13,14,15,17)/b9-5-/t6-,8-/m1/s1. The summed E-state index contributed by atoms with van der Waals surface area (Å²) in [5, 5.41) is 5.63. The van der Waals surface area contributed by atoms with E-state index in [4.69, 9.17) is 16.6 Å². The third kappa shape index (κ3) is 1.98. The van der Waals surface area contributed by atoms with Gasteiger partial charge in [0.1, 0.15) is 17.2 Å². The summed E-state index contributed by atoms with van der Waals surface area (Å²) in [6.07, 6.45) is 2.86. The summed E-state index contributed by atoms with van der Waals surface area (Å²) < 4.78 is 5.68. The molecule has 2 fully saturated rings. The second kappa shape index (κ2) is 3.70. The quantitative estimate of drug-likeness (QED) is 0.618. The number of hydrogen-bond donors (Lipinski definition) is 2. The van der Waals surface area contributed by atoms with Gasteiger partial charge in [-0.1, -0.05) is 6.92 Å². The highest BCUT2D eigenvalue weighted by Gasteiger charge is 2.36. The maximum atomic E-state index is 11.4. The molecule has 5 heteroatoms. The number of amides is 1. The van der Waals surface area contributed by atoms with E-state index in [9.17, 15) is 4.79 Å². The van der Waals surface area contributed by atoms with Crippen LogP contribution in [0.15, 0.2) is 22.2 Å². The molecule has 3 rings (SSSR count). The summed E-state index contributed by atoms with van der Waals surface area (Å²) in [6.45, 7) is 2.20. The van der Waals surface area contributed by atoms with Crippen molar-refractivity contribution in [3.8, 4) is 0 Å². The number of furan rings is 1. The van der Waals surface area contributed by atoms with E-state index in [-0.39, 0.29) is 5.91 Å². The minimum absolute atomic E-state index is 0.215. The van der Waals surface area contributed by atoms with Crippen molar-refractivity contribution in [2.75, 3.05) is 0 Å². The molecule has 1 amide bonds. The fourth-order valence-electron chi connectivity index (χ4n) is 1.99. The van der Waals surface area contributed by atoms with E-state index in [1.807, 2.05) is 12.1 Å². The Morgan fingerprint density at radius 3 is 2.82 bits per heavy atom. The number of carbonyl (C=O) groups excluding carboxylic acids is 1. The predicted octanol–water partition coefficient (Wildman–Crippen LogP) is 1.75. The molecule has 2 aliphatic rings. The Bertz CT molecular complexity index is 532. The Balaban J connectivity index is 1.81. The molecule has 88 valence electrons. The summed E-state index contributed by atoms with van der Waals surface area (Å²) in [4.78, 5) is 11.4. The lowest BCUT2D eigenvalue weighted by Crippen LogP contribution is -2.21. The zero-order valence-electron chi connectivity index (χ0n) is 9.32. The first-order chi connectivity index (χ1) is 8.13. The van der Waals surface area contributed by atoms with Crippen molar-refractivity contribution in [3.05, 3.63) is 29.4 Å². The molecule has 17 heavy (non-hydrogen) atoms. The minimum Gasteiger partial charge on any atom is -0.461 e. The first kappa shape index (κ1) is 10.5. The van der Waals surface area contributed by atoms with Gasteiger partial charge in [0.15, 0.2) is 5.11 Å². The Hall–Kier alpha value is -1.62. The average Bonchev–Trinajstić information content (AvgIpc) is 2.71. The van der Waals surface area contributed by atoms with Crippen LogP contribution in [0.5, 0.6) is 0 Å². The van der Waals surface area contributed by atoms with E-state index in [0.29, 0.717) is 28.4 Å². The molecule has 0 bridgehead atoms. The predicted molar refractivity (Wildman–Crippen MR) is 67.1 cm³/mol. The van der Waals surface area contributed by atoms with E-state index in [0.717, 1.165) is 5.76 Å². The second-order valence-corrected chi connectivity index (χ2v) is 4.93. The van der Waals surface area contributed by atoms with Crippen molar-refractivity contribution < 1.29 is 9.21 Å². The molecule has 2 atom stereocenters. The van der Waals surface area contributed by atoms with E-state index in [1.165, 1.54) is 6.42 Å². The van der Waals surface area contributed by atoms with Gasteiger partial charge in [-0.05, 0) is 36.7 Å². The molecule has 2 N–H and O–H groups in total. The molecule has 1 saturated carbocycles. The normalized spacial score (nSPS) is 29.4. The Morgan fingerprint density at radius 1 is 1.47 bits per heavy atom. The Kier molecular flexibility index (Phi) is 2.29. The molecule has 2 heterocycles. The van der Waals surface area contributed by atoms with Crippen LogP contribution in [-0.4, -0.2) is 11.0 Å². The van der Waals surface area contributed by atoms with E-state index in [1.54, 1.807) is 6.08 Å². The maximum Gasteiger partial charge on any atom is 0.274 e. The highest BCUT2D eigenvalue weighted by Crippen LogP contribution is 2.47. The molecule has 0 radical (unpaired) electrons. The van der Waals surface area contributed by atoms with Gasteiger partial charge >= 0.3 is 0 Å². The lowest BCUT2D eigenvalue weighted by Gasteiger charge is -1.93. The van der Waals surface area contributed by atoms with Gasteiger partial charge in [0, 0.05) is 12.0 Å². The number of rotatable bonds is 2. The van der Waals surface area contributed by atoms with E-state index in [2.05, 4.69) is 17.6 Å². The Labute approximate surface area is 104 Å². The van der Waals surface area contributed by atoms with Crippen LogP contribution < -0.4 is 10.6 Å². The molecule has 1 aliphatic carbocycles. The monoisotopic (exact) mass is 248 g/mol. The van der Waals surface area contributed by atoms with Crippen LogP contribution in [0.25, 0.3) is 6.08 Å². The fraction of sp³-hybridized carbons (Fsp3) is 0.333. The van der Waals surface area contributed by atoms with Crippen molar-refractivity contribution in [2.24, 2.45) is 5.92 Å². The van der Waals surface area contributed by atoms with Crippen molar-refractivity contribution in [3.63, 3.8) is 0 Å². The van der Waals surface area contributed by atoms with Crippen molar-refractivity contribution >= 4 is 29.3 Å². The van der Waals surface area contributed by atoms with Crippen LogP contribution >= 0.6 is 12.2 Å². The summed E-state index contributed by atoms with van der Waals surface area (Å²) in [5.74, 6) is 2.73. The molecule has 4 nitrogen and oxygen atoms in total. The van der Waals surface area contributed by atoms with Crippen LogP contribution in [0.4, 0.5) is 0 Å². The van der Waals surface area contributed by atoms with Gasteiger partial charge in [0.2, 0.25) is 0 Å². The second-order valence-electron chi connectivity index (χ2n) is 4.53. The van der Waals surface area contributed by atoms with Gasteiger partial charge in [-0.3, -0.25) is 10.1 Å². The molecule has 1 aliphatic heterocycles. The summed E-state index contributed by atoms with van der Waals surface area (Å²) in [5.41, 5.74) is 0.430. The van der Waals surface area contributed by atoms with Crippen molar-refractivity contribution in [2.45, 2.75) is 19.3 Å². The van der Waals surface area contributed by atoms with Gasteiger partial charge in [0.05, 0.1) is 0 Å². The zero-order chi connectivity index (χ0) is 12.0. The van der Waals surface area contributed by atoms with E-state index >= 15 is 0 Å². The van der Waals surface area contributed by atoms with Gasteiger partial charge in [-0.25, -0.2) is 0 Å². The summed E-state index contributed by atoms with van der Waals surface area (Å²) in [6, 6.07) is 3.86. The first-order valence-corrected chi connectivity index (χ1v) is 5.98. The first-order valence-electron chi connectivity index (χ1n) is 5.57. The van der Waals surface area contributed by atoms with Gasteiger partial charge in [-0.15, -0.1) is 0 Å². The molecule has 1 aromatic heterocycles. The summed E-state index contributed by atoms with van der Waals surface area (Å²) >= 11 is 4.85. The van der Waals surface area contributed by atoms with Crippen molar-refractivity contribution in [1.82, 2.24) is 10.6 Å². The fourth-order valence-corrected chi connectivity index (χ4v) is 2.19. The number of hydrogen-bond acceptors (Lipinski definition) is 3. The van der Waals surface area contributed by atoms with E-state index < -0.39 is 0 Å². The molecular formula is C12H12N2O2S. The molecular weight excluding hydrogens is 236 g/mol. The molecule has 0 aromatic carbocycles. The third-order valence-corrected chi connectivity index (χ3v) is 3.33. The lowest BCUT2D eigenvalue weighted by atomic mass is 10.3. The summed E-state index contributed by atoms with van der Waals surface area (Å²) in [7, 11) is 0. The molecule has 1 saturated heterocycles. The van der Waals surface area contributed by atoms with Crippen LogP contribution in [0.1, 0.15) is 30.8 Å². The number of carbonyl (C=O) groups is 1.